The maximum Gasteiger partial charge on any atom is 0.0654 e. The number of nitrogens with two attached hydrogens (primary N) is 1. The van der Waals surface area contributed by atoms with Crippen LogP contribution in [0.4, 0.5) is 0 Å². The van der Waals surface area contributed by atoms with Gasteiger partial charge in [0.05, 0.1) is 5.28 Å². The molecular weight excluding hydrogens is 441 g/mol. The summed E-state index contributed by atoms with van der Waals surface area (Å²) in [6.45, 7) is 14.2. The van der Waals surface area contributed by atoms with Crippen molar-refractivity contribution in [3.05, 3.63) is 52.6 Å². The molecule has 2 saturated carbocycles. The number of hydrogen-bond donors (Lipinski definition) is 1. The van der Waals surface area contributed by atoms with Gasteiger partial charge in [-0.1, -0.05) is 118 Å². The molecule has 3 aliphatic rings. The third-order valence-corrected chi connectivity index (χ3v) is 13.0. The second kappa shape index (κ2) is 11.6. The molecule has 2 fully saturated rings. The molecule has 1 atom stereocenters. The Balaban J connectivity index is 1.89. The van der Waals surface area contributed by atoms with Crippen molar-refractivity contribution >= 4 is 13.5 Å². The van der Waals surface area contributed by atoms with Crippen molar-refractivity contribution in [3.63, 3.8) is 0 Å². The average molecular weight is 494 g/mol. The van der Waals surface area contributed by atoms with Crippen LogP contribution in [0.15, 0.2) is 30.4 Å². The first kappa shape index (κ1) is 27.1. The first-order chi connectivity index (χ1) is 16.7. The van der Waals surface area contributed by atoms with Gasteiger partial charge < -0.3 is 5.73 Å². The predicted molar refractivity (Wildman–Crippen MR) is 158 cm³/mol. The van der Waals surface area contributed by atoms with E-state index in [9.17, 15) is 0 Å². The SMILES string of the molecule is CC(C)c1cc(C(C)C)c(C2=CC=CCC2(N)P(C2CCCCC2)C2CCCCC2)c(C(C)C)c1. The fraction of sp³-hybridized carbons (Fsp3) is 0.697. The van der Waals surface area contributed by atoms with E-state index in [2.05, 4.69) is 71.9 Å². The van der Waals surface area contributed by atoms with Crippen LogP contribution in [0.25, 0.3) is 5.57 Å². The van der Waals surface area contributed by atoms with Crippen molar-refractivity contribution in [2.45, 2.75) is 147 Å². The molecule has 0 spiro atoms. The highest BCUT2D eigenvalue weighted by Gasteiger charge is 2.47. The minimum Gasteiger partial charge on any atom is -0.318 e. The van der Waals surface area contributed by atoms with E-state index in [1.807, 2.05) is 0 Å². The van der Waals surface area contributed by atoms with Crippen LogP contribution < -0.4 is 5.73 Å². The Labute approximate surface area is 218 Å². The third kappa shape index (κ3) is 5.67. The summed E-state index contributed by atoms with van der Waals surface area (Å²) in [6, 6.07) is 5.05. The van der Waals surface area contributed by atoms with Gasteiger partial charge in [0.1, 0.15) is 0 Å². The molecule has 0 bridgehead atoms. The van der Waals surface area contributed by atoms with Gasteiger partial charge in [-0.2, -0.15) is 0 Å². The zero-order valence-electron chi connectivity index (χ0n) is 23.6. The lowest BCUT2D eigenvalue weighted by molar-refractivity contribution is 0.475. The molecule has 0 saturated heterocycles. The van der Waals surface area contributed by atoms with Crippen LogP contribution in [0.2, 0.25) is 0 Å². The summed E-state index contributed by atoms with van der Waals surface area (Å²) in [5, 5.41) is -0.194. The first-order valence-corrected chi connectivity index (χ1v) is 16.3. The number of allylic oxidation sites excluding steroid dienone is 2. The summed E-state index contributed by atoms with van der Waals surface area (Å²) in [5.74, 6) is 1.53. The Hall–Kier alpha value is -0.910. The van der Waals surface area contributed by atoms with Crippen LogP contribution in [0, 0.1) is 0 Å². The molecule has 194 valence electrons. The van der Waals surface area contributed by atoms with E-state index in [0.717, 1.165) is 17.7 Å². The normalized spacial score (nSPS) is 24.7. The Morgan fingerprint density at radius 3 is 1.66 bits per heavy atom. The van der Waals surface area contributed by atoms with Crippen LogP contribution in [-0.4, -0.2) is 16.6 Å². The van der Waals surface area contributed by atoms with Gasteiger partial charge in [0.2, 0.25) is 0 Å². The third-order valence-electron chi connectivity index (χ3n) is 9.09. The van der Waals surface area contributed by atoms with Crippen LogP contribution >= 0.6 is 7.92 Å². The molecular formula is C33H52NP. The molecule has 0 aromatic heterocycles. The monoisotopic (exact) mass is 493 g/mol. The van der Waals surface area contributed by atoms with Gasteiger partial charge in [-0.25, -0.2) is 0 Å². The molecule has 4 rings (SSSR count). The first-order valence-electron chi connectivity index (χ1n) is 14.9. The van der Waals surface area contributed by atoms with Crippen LogP contribution in [0.1, 0.15) is 152 Å². The highest BCUT2D eigenvalue weighted by Crippen LogP contribution is 2.67. The Bertz CT molecular complexity index is 864. The fourth-order valence-corrected chi connectivity index (χ4v) is 11.7. The molecule has 2 heteroatoms. The smallest absolute Gasteiger partial charge is 0.0654 e. The zero-order valence-corrected chi connectivity index (χ0v) is 24.5. The topological polar surface area (TPSA) is 26.0 Å². The van der Waals surface area contributed by atoms with Crippen molar-refractivity contribution in [1.29, 1.82) is 0 Å². The van der Waals surface area contributed by atoms with Crippen molar-refractivity contribution < 1.29 is 0 Å². The molecule has 1 unspecified atom stereocenters. The average Bonchev–Trinajstić information content (AvgIpc) is 2.85. The van der Waals surface area contributed by atoms with E-state index >= 15 is 0 Å². The van der Waals surface area contributed by atoms with Crippen molar-refractivity contribution in [2.24, 2.45) is 5.73 Å². The van der Waals surface area contributed by atoms with Crippen molar-refractivity contribution in [3.8, 4) is 0 Å². The van der Waals surface area contributed by atoms with Gasteiger partial charge in [-0.15, -0.1) is 0 Å². The summed E-state index contributed by atoms with van der Waals surface area (Å²) >= 11 is 0. The molecule has 1 nitrogen and oxygen atoms in total. The molecule has 2 N–H and O–H groups in total. The van der Waals surface area contributed by atoms with Crippen molar-refractivity contribution in [2.75, 3.05) is 0 Å². The molecule has 35 heavy (non-hydrogen) atoms. The van der Waals surface area contributed by atoms with Gasteiger partial charge >= 0.3 is 0 Å². The summed E-state index contributed by atoms with van der Waals surface area (Å²) in [6.07, 6.45) is 22.4. The molecule has 3 aliphatic carbocycles. The second-order valence-corrected chi connectivity index (χ2v) is 15.7. The highest BCUT2D eigenvalue weighted by atomic mass is 31.1. The highest BCUT2D eigenvalue weighted by molar-refractivity contribution is 7.61. The van der Waals surface area contributed by atoms with E-state index in [4.69, 9.17) is 5.73 Å². The lowest BCUT2D eigenvalue weighted by atomic mass is 9.78. The van der Waals surface area contributed by atoms with Gasteiger partial charge in [-0.05, 0) is 89.0 Å². The van der Waals surface area contributed by atoms with Gasteiger partial charge in [0.25, 0.3) is 0 Å². The van der Waals surface area contributed by atoms with E-state index in [1.54, 1.807) is 0 Å². The maximum atomic E-state index is 7.89. The summed E-state index contributed by atoms with van der Waals surface area (Å²) in [7, 11) is -0.285. The maximum absolute atomic E-state index is 7.89. The van der Waals surface area contributed by atoms with E-state index < -0.39 is 0 Å². The van der Waals surface area contributed by atoms with Crippen molar-refractivity contribution in [1.82, 2.24) is 0 Å². The Morgan fingerprint density at radius 1 is 0.743 bits per heavy atom. The minimum absolute atomic E-state index is 0.194. The zero-order chi connectivity index (χ0) is 25.2. The summed E-state index contributed by atoms with van der Waals surface area (Å²) in [4.78, 5) is 0. The van der Waals surface area contributed by atoms with Gasteiger partial charge in [-0.3, -0.25) is 0 Å². The minimum atomic E-state index is -0.285. The molecule has 1 aromatic rings. The predicted octanol–water partition coefficient (Wildman–Crippen LogP) is 10.2. The van der Waals surface area contributed by atoms with Crippen LogP contribution in [0.5, 0.6) is 0 Å². The number of hydrogen-bond acceptors (Lipinski definition) is 1. The summed E-state index contributed by atoms with van der Waals surface area (Å²) in [5.41, 5.74) is 17.1. The van der Waals surface area contributed by atoms with Gasteiger partial charge in [0.15, 0.2) is 0 Å². The summed E-state index contributed by atoms with van der Waals surface area (Å²) < 4.78 is 0. The van der Waals surface area contributed by atoms with E-state index in [0.29, 0.717) is 17.8 Å². The largest absolute Gasteiger partial charge is 0.318 e. The molecule has 0 amide bonds. The molecule has 0 heterocycles. The second-order valence-electron chi connectivity index (χ2n) is 12.7. The molecule has 0 aliphatic heterocycles. The fourth-order valence-electron chi connectivity index (χ4n) is 7.15. The standard InChI is InChI=1S/C33H52NP/c1-23(2)26-21-29(24(3)4)32(30(22-26)25(5)6)31-19-13-14-20-33(31,34)35(27-15-9-7-10-16-27)28-17-11-8-12-18-28/h13-14,19,21-25,27-28H,7-12,15-18,20,34H2,1-6H3. The Kier molecular flexibility index (Phi) is 9.03. The molecule has 0 radical (unpaired) electrons. The quantitative estimate of drug-likeness (QED) is 0.376. The van der Waals surface area contributed by atoms with Crippen LogP contribution in [-0.2, 0) is 0 Å². The lowest BCUT2D eigenvalue weighted by Crippen LogP contribution is -2.46. The van der Waals surface area contributed by atoms with Crippen LogP contribution in [0.3, 0.4) is 0 Å². The van der Waals surface area contributed by atoms with Gasteiger partial charge in [0, 0.05) is 0 Å². The van der Waals surface area contributed by atoms with E-state index in [-0.39, 0.29) is 13.2 Å². The van der Waals surface area contributed by atoms with E-state index in [1.165, 1.54) is 92.0 Å². The lowest BCUT2D eigenvalue weighted by Gasteiger charge is -2.51. The molecule has 1 aromatic carbocycles. The number of rotatable bonds is 7. The Morgan fingerprint density at radius 2 is 1.23 bits per heavy atom. The number of benzene rings is 1.